The van der Waals surface area contributed by atoms with Crippen LogP contribution in [0.2, 0.25) is 0 Å². The average Bonchev–Trinajstić information content (AvgIpc) is 2.91. The van der Waals surface area contributed by atoms with E-state index in [1.165, 1.54) is 12.0 Å². The number of nitrogens with one attached hydrogen (secondary N) is 1. The highest BCUT2D eigenvalue weighted by molar-refractivity contribution is 7.91. The number of amides is 1. The van der Waals surface area contributed by atoms with Crippen LogP contribution in [0.1, 0.15) is 16.8 Å². The van der Waals surface area contributed by atoms with Crippen molar-refractivity contribution in [1.82, 2.24) is 4.90 Å². The summed E-state index contributed by atoms with van der Waals surface area (Å²) in [7, 11) is -0.111. The number of sulfone groups is 1. The molecule has 0 unspecified atom stereocenters. The molecule has 1 aromatic rings. The van der Waals surface area contributed by atoms with Gasteiger partial charge < -0.3 is 15.0 Å². The monoisotopic (exact) mass is 340 g/mol. The molecule has 1 saturated heterocycles. The molecule has 1 fully saturated rings. The molecule has 1 atom stereocenters. The summed E-state index contributed by atoms with van der Waals surface area (Å²) in [5, 5.41) is 2.94. The van der Waals surface area contributed by atoms with Gasteiger partial charge >= 0.3 is 5.97 Å². The van der Waals surface area contributed by atoms with Crippen molar-refractivity contribution in [2.45, 2.75) is 12.5 Å². The fourth-order valence-corrected chi connectivity index (χ4v) is 4.24. The molecule has 126 valence electrons. The lowest BCUT2D eigenvalue weighted by Crippen LogP contribution is -2.40. The van der Waals surface area contributed by atoms with Gasteiger partial charge in [-0.25, -0.2) is 13.2 Å². The van der Waals surface area contributed by atoms with Crippen molar-refractivity contribution in [1.29, 1.82) is 0 Å². The third-order valence-corrected chi connectivity index (χ3v) is 5.63. The molecule has 23 heavy (non-hydrogen) atoms. The van der Waals surface area contributed by atoms with E-state index in [0.717, 1.165) is 0 Å². The standard InChI is InChI=1S/C15H20N2O5S/c1-17(13-6-7-23(20,21)10-13)14(18)9-16-12-5-3-4-11(8-12)15(19)22-2/h3-5,8,13,16H,6-7,9-10H2,1-2H3/t13-/m1/s1. The highest BCUT2D eigenvalue weighted by Gasteiger charge is 2.32. The van der Waals surface area contributed by atoms with Crippen LogP contribution in [-0.2, 0) is 19.4 Å². The number of ether oxygens (including phenoxy) is 1. The topological polar surface area (TPSA) is 92.8 Å². The SMILES string of the molecule is COC(=O)c1cccc(NCC(=O)N(C)[C@@H]2CCS(=O)(=O)C2)c1. The first-order valence-electron chi connectivity index (χ1n) is 7.21. The fourth-order valence-electron chi connectivity index (χ4n) is 2.46. The third-order valence-electron chi connectivity index (χ3n) is 3.88. The van der Waals surface area contributed by atoms with Crippen molar-refractivity contribution in [2.75, 3.05) is 37.5 Å². The molecule has 0 radical (unpaired) electrons. The second-order valence-corrected chi connectivity index (χ2v) is 7.72. The Kier molecular flexibility index (Phi) is 5.25. The van der Waals surface area contributed by atoms with Crippen LogP contribution in [0.5, 0.6) is 0 Å². The smallest absolute Gasteiger partial charge is 0.337 e. The summed E-state index contributed by atoms with van der Waals surface area (Å²) >= 11 is 0. The maximum absolute atomic E-state index is 12.2. The highest BCUT2D eigenvalue weighted by Crippen LogP contribution is 2.17. The minimum Gasteiger partial charge on any atom is -0.465 e. The van der Waals surface area contributed by atoms with E-state index in [1.54, 1.807) is 31.3 Å². The van der Waals surface area contributed by atoms with Gasteiger partial charge in [0.1, 0.15) is 0 Å². The van der Waals surface area contributed by atoms with Crippen LogP contribution >= 0.6 is 0 Å². The molecule has 1 aliphatic heterocycles. The molecule has 0 spiro atoms. The van der Waals surface area contributed by atoms with Gasteiger partial charge in [-0.05, 0) is 24.6 Å². The van der Waals surface area contributed by atoms with Crippen LogP contribution in [0, 0.1) is 0 Å². The van der Waals surface area contributed by atoms with Gasteiger partial charge in [0.05, 0.1) is 30.7 Å². The first-order valence-corrected chi connectivity index (χ1v) is 9.03. The lowest BCUT2D eigenvalue weighted by Gasteiger charge is -2.23. The van der Waals surface area contributed by atoms with Gasteiger partial charge in [0.25, 0.3) is 0 Å². The predicted octanol–water partition coefficient (Wildman–Crippen LogP) is 0.531. The molecule has 0 saturated carbocycles. The van der Waals surface area contributed by atoms with E-state index in [-0.39, 0.29) is 30.0 Å². The molecular formula is C15H20N2O5S. The van der Waals surface area contributed by atoms with Crippen molar-refractivity contribution in [3.05, 3.63) is 29.8 Å². The normalized spacial score (nSPS) is 19.1. The molecule has 1 aromatic carbocycles. The number of hydrogen-bond acceptors (Lipinski definition) is 6. The number of benzene rings is 1. The van der Waals surface area contributed by atoms with Gasteiger partial charge in [0.15, 0.2) is 9.84 Å². The molecule has 1 heterocycles. The maximum atomic E-state index is 12.2. The van der Waals surface area contributed by atoms with Crippen molar-refractivity contribution in [3.63, 3.8) is 0 Å². The summed E-state index contributed by atoms with van der Waals surface area (Å²) in [5.41, 5.74) is 1.01. The summed E-state index contributed by atoms with van der Waals surface area (Å²) in [4.78, 5) is 25.1. The number of methoxy groups -OCH3 is 1. The predicted molar refractivity (Wildman–Crippen MR) is 86.1 cm³/mol. The largest absolute Gasteiger partial charge is 0.465 e. The Balaban J connectivity index is 1.93. The van der Waals surface area contributed by atoms with E-state index in [9.17, 15) is 18.0 Å². The number of carbonyl (C=O) groups excluding carboxylic acids is 2. The summed E-state index contributed by atoms with van der Waals surface area (Å²) in [6.45, 7) is 0.0255. The molecule has 1 aliphatic rings. The Morgan fingerprint density at radius 2 is 2.13 bits per heavy atom. The molecule has 1 N–H and O–H groups in total. The van der Waals surface area contributed by atoms with Gasteiger partial charge in [-0.1, -0.05) is 6.07 Å². The van der Waals surface area contributed by atoms with Crippen LogP contribution < -0.4 is 5.32 Å². The Hall–Kier alpha value is -2.09. The minimum atomic E-state index is -3.02. The number of anilines is 1. The van der Waals surface area contributed by atoms with E-state index < -0.39 is 15.8 Å². The zero-order chi connectivity index (χ0) is 17.0. The second kappa shape index (κ2) is 6.99. The average molecular weight is 340 g/mol. The molecule has 0 aliphatic carbocycles. The first kappa shape index (κ1) is 17.3. The molecule has 2 rings (SSSR count). The van der Waals surface area contributed by atoms with Crippen molar-refractivity contribution in [3.8, 4) is 0 Å². The number of likely N-dealkylation sites (N-methyl/N-ethyl adjacent to an activating group) is 1. The minimum absolute atomic E-state index is 0.0209. The Bertz CT molecular complexity index is 702. The lowest BCUT2D eigenvalue weighted by molar-refractivity contribution is -0.129. The zero-order valence-corrected chi connectivity index (χ0v) is 13.9. The fraction of sp³-hybridized carbons (Fsp3) is 0.467. The summed E-state index contributed by atoms with van der Waals surface area (Å²) in [6, 6.07) is 6.37. The number of hydrogen-bond donors (Lipinski definition) is 1. The highest BCUT2D eigenvalue weighted by atomic mass is 32.2. The van der Waals surface area contributed by atoms with Crippen molar-refractivity contribution >= 4 is 27.4 Å². The molecule has 7 nitrogen and oxygen atoms in total. The Labute approximate surface area is 135 Å². The zero-order valence-electron chi connectivity index (χ0n) is 13.1. The van der Waals surface area contributed by atoms with E-state index in [2.05, 4.69) is 10.1 Å². The van der Waals surface area contributed by atoms with E-state index in [1.807, 2.05) is 0 Å². The van der Waals surface area contributed by atoms with Crippen LogP contribution in [0.25, 0.3) is 0 Å². The molecule has 0 aromatic heterocycles. The lowest BCUT2D eigenvalue weighted by atomic mass is 10.2. The molecular weight excluding hydrogens is 320 g/mol. The van der Waals surface area contributed by atoms with E-state index in [0.29, 0.717) is 17.7 Å². The number of nitrogens with zero attached hydrogens (tertiary/aromatic N) is 1. The first-order chi connectivity index (χ1) is 10.8. The second-order valence-electron chi connectivity index (χ2n) is 5.49. The van der Waals surface area contributed by atoms with Crippen LogP contribution in [0.3, 0.4) is 0 Å². The molecule has 1 amide bonds. The van der Waals surface area contributed by atoms with E-state index in [4.69, 9.17) is 0 Å². The van der Waals surface area contributed by atoms with Gasteiger partial charge in [-0.15, -0.1) is 0 Å². The van der Waals surface area contributed by atoms with Gasteiger partial charge in [-0.3, -0.25) is 4.79 Å². The van der Waals surface area contributed by atoms with Crippen LogP contribution in [0.4, 0.5) is 5.69 Å². The Morgan fingerprint density at radius 1 is 1.39 bits per heavy atom. The molecule has 8 heteroatoms. The number of carbonyl (C=O) groups is 2. The van der Waals surface area contributed by atoms with E-state index >= 15 is 0 Å². The van der Waals surface area contributed by atoms with Crippen LogP contribution in [0.15, 0.2) is 24.3 Å². The number of rotatable bonds is 5. The third kappa shape index (κ3) is 4.44. The summed E-state index contributed by atoms with van der Waals surface area (Å²) < 4.78 is 27.6. The van der Waals surface area contributed by atoms with Crippen molar-refractivity contribution in [2.24, 2.45) is 0 Å². The molecule has 0 bridgehead atoms. The van der Waals surface area contributed by atoms with Gasteiger partial charge in [0.2, 0.25) is 5.91 Å². The van der Waals surface area contributed by atoms with Crippen molar-refractivity contribution < 1.29 is 22.7 Å². The van der Waals surface area contributed by atoms with Gasteiger partial charge in [-0.2, -0.15) is 0 Å². The summed E-state index contributed by atoms with van der Waals surface area (Å²) in [5.74, 6) is -0.499. The summed E-state index contributed by atoms with van der Waals surface area (Å²) in [6.07, 6.45) is 0.475. The van der Waals surface area contributed by atoms with Crippen LogP contribution in [-0.4, -0.2) is 63.4 Å². The maximum Gasteiger partial charge on any atom is 0.337 e. The Morgan fingerprint density at radius 3 is 2.74 bits per heavy atom. The quantitative estimate of drug-likeness (QED) is 0.786. The van der Waals surface area contributed by atoms with Gasteiger partial charge in [0, 0.05) is 18.8 Å². The number of esters is 1.